The highest BCUT2D eigenvalue weighted by atomic mass is 16.5. The number of aliphatic hydroxyl groups excluding tert-OH is 1. The Morgan fingerprint density at radius 2 is 1.26 bits per heavy atom. The molecule has 5 heteroatoms. The molecule has 31 heavy (non-hydrogen) atoms. The fourth-order valence-corrected chi connectivity index (χ4v) is 4.02. The number of phenols is 2. The zero-order valence-electron chi connectivity index (χ0n) is 19.7. The van der Waals surface area contributed by atoms with Crippen LogP contribution in [0.2, 0.25) is 0 Å². The van der Waals surface area contributed by atoms with Crippen LogP contribution in [0.5, 0.6) is 11.5 Å². The van der Waals surface area contributed by atoms with Crippen LogP contribution < -0.4 is 0 Å². The van der Waals surface area contributed by atoms with E-state index < -0.39 is 11.4 Å². The van der Waals surface area contributed by atoms with Gasteiger partial charge in [0.1, 0.15) is 23.5 Å². The van der Waals surface area contributed by atoms with Crippen LogP contribution in [0, 0.1) is 0 Å². The van der Waals surface area contributed by atoms with E-state index in [0.29, 0.717) is 17.5 Å². The molecule has 0 spiro atoms. The van der Waals surface area contributed by atoms with Crippen LogP contribution in [0.25, 0.3) is 0 Å². The Morgan fingerprint density at radius 1 is 0.839 bits per heavy atom. The van der Waals surface area contributed by atoms with Crippen molar-refractivity contribution in [3.05, 3.63) is 58.7 Å². The lowest BCUT2D eigenvalue weighted by molar-refractivity contribution is -0.150. The summed E-state index contributed by atoms with van der Waals surface area (Å²) in [4.78, 5) is 13.5. The topological polar surface area (TPSA) is 87.0 Å². The Balaban J connectivity index is 2.85. The van der Waals surface area contributed by atoms with Crippen molar-refractivity contribution in [2.75, 3.05) is 13.2 Å². The van der Waals surface area contributed by atoms with E-state index in [0.717, 1.165) is 11.1 Å². The van der Waals surface area contributed by atoms with Crippen LogP contribution >= 0.6 is 0 Å². The zero-order valence-corrected chi connectivity index (χ0v) is 19.7. The van der Waals surface area contributed by atoms with Gasteiger partial charge in [-0.2, -0.15) is 0 Å². The third kappa shape index (κ3) is 4.87. The molecule has 0 unspecified atom stereocenters. The molecule has 0 fully saturated rings. The lowest BCUT2D eigenvalue weighted by Gasteiger charge is -2.34. The van der Waals surface area contributed by atoms with E-state index in [-0.39, 0.29) is 35.5 Å². The van der Waals surface area contributed by atoms with Crippen LogP contribution in [0.4, 0.5) is 0 Å². The summed E-state index contributed by atoms with van der Waals surface area (Å²) in [5, 5.41) is 30.2. The molecular weight excluding hydrogens is 392 g/mol. The first-order valence-electron chi connectivity index (χ1n) is 10.7. The highest BCUT2D eigenvalue weighted by Crippen LogP contribution is 2.43. The number of carbonyl (C=O) groups is 1. The molecule has 0 aliphatic heterocycles. The Bertz CT molecular complexity index is 868. The first-order chi connectivity index (χ1) is 14.3. The normalized spacial score (nSPS) is 12.6. The van der Waals surface area contributed by atoms with Crippen molar-refractivity contribution in [1.82, 2.24) is 0 Å². The second-order valence-electron chi connectivity index (χ2n) is 10.1. The number of hydrogen-bond donors (Lipinski definition) is 3. The molecule has 170 valence electrons. The van der Waals surface area contributed by atoms with Gasteiger partial charge in [-0.05, 0) is 51.6 Å². The summed E-state index contributed by atoms with van der Waals surface area (Å²) in [6.07, 6.45) is 0.403. The molecule has 0 aliphatic carbocycles. The zero-order chi connectivity index (χ0) is 23.6. The van der Waals surface area contributed by atoms with E-state index in [9.17, 15) is 20.1 Å². The van der Waals surface area contributed by atoms with E-state index in [2.05, 4.69) is 0 Å². The van der Waals surface area contributed by atoms with Gasteiger partial charge in [0.2, 0.25) is 0 Å². The number of hydrogen-bond acceptors (Lipinski definition) is 5. The Labute approximate surface area is 185 Å². The second kappa shape index (κ2) is 8.91. The van der Waals surface area contributed by atoms with Gasteiger partial charge in [-0.1, -0.05) is 72.7 Å². The van der Waals surface area contributed by atoms with Gasteiger partial charge in [-0.25, -0.2) is 0 Å². The molecule has 0 amide bonds. The molecule has 0 saturated carbocycles. The SMILES string of the molecule is CCC(C(=O)OCCO)(c1ccc(O)c(C(C)(C)C)c1)c1ccc(O)c(C(C)(C)C)c1. The van der Waals surface area contributed by atoms with Gasteiger partial charge >= 0.3 is 5.97 Å². The summed E-state index contributed by atoms with van der Waals surface area (Å²) in [5.74, 6) is -0.128. The van der Waals surface area contributed by atoms with Crippen LogP contribution in [-0.4, -0.2) is 34.5 Å². The molecular formula is C26H36O5. The van der Waals surface area contributed by atoms with Gasteiger partial charge in [0.15, 0.2) is 0 Å². The third-order valence-corrected chi connectivity index (χ3v) is 5.80. The van der Waals surface area contributed by atoms with Crippen LogP contribution in [-0.2, 0) is 25.8 Å². The highest BCUT2D eigenvalue weighted by molar-refractivity contribution is 5.88. The minimum absolute atomic E-state index is 0.102. The summed E-state index contributed by atoms with van der Waals surface area (Å²) in [7, 11) is 0. The number of aromatic hydroxyl groups is 2. The standard InChI is InChI=1S/C26H36O5/c1-8-26(23(30)31-14-13-27,17-9-11-21(28)19(15-17)24(2,3)4)18-10-12-22(29)20(16-18)25(5,6)7/h9-12,15-16,27-29H,8,13-14H2,1-7H3. The molecule has 2 aromatic rings. The first-order valence-corrected chi connectivity index (χ1v) is 10.7. The van der Waals surface area contributed by atoms with Crippen LogP contribution in [0.3, 0.4) is 0 Å². The third-order valence-electron chi connectivity index (χ3n) is 5.80. The average Bonchev–Trinajstić information content (AvgIpc) is 2.67. The summed E-state index contributed by atoms with van der Waals surface area (Å²) >= 11 is 0. The van der Waals surface area contributed by atoms with E-state index in [1.807, 2.05) is 60.6 Å². The molecule has 0 radical (unpaired) electrons. The molecule has 2 rings (SSSR count). The number of aliphatic hydroxyl groups is 1. The number of carbonyl (C=O) groups excluding carboxylic acids is 1. The first kappa shape index (κ1) is 24.7. The summed E-state index contributed by atoms with van der Waals surface area (Å²) in [5.41, 5.74) is 1.04. The maximum atomic E-state index is 13.5. The number of phenolic OH excluding ortho intramolecular Hbond substituents is 2. The molecule has 2 aromatic carbocycles. The van der Waals surface area contributed by atoms with Crippen molar-refractivity contribution >= 4 is 5.97 Å². The molecule has 0 saturated heterocycles. The Morgan fingerprint density at radius 3 is 1.58 bits per heavy atom. The van der Waals surface area contributed by atoms with Crippen LogP contribution in [0.15, 0.2) is 36.4 Å². The summed E-state index contributed by atoms with van der Waals surface area (Å²) < 4.78 is 5.45. The van der Waals surface area contributed by atoms with Crippen molar-refractivity contribution in [2.45, 2.75) is 71.1 Å². The van der Waals surface area contributed by atoms with E-state index in [4.69, 9.17) is 4.74 Å². The fraction of sp³-hybridized carbons (Fsp3) is 0.500. The monoisotopic (exact) mass is 428 g/mol. The largest absolute Gasteiger partial charge is 0.508 e. The summed E-state index contributed by atoms with van der Waals surface area (Å²) in [6.45, 7) is 13.6. The predicted molar refractivity (Wildman–Crippen MR) is 123 cm³/mol. The molecule has 0 aromatic heterocycles. The lowest BCUT2D eigenvalue weighted by atomic mass is 9.69. The van der Waals surface area contributed by atoms with Crippen molar-refractivity contribution in [1.29, 1.82) is 0 Å². The number of rotatable bonds is 6. The minimum Gasteiger partial charge on any atom is -0.508 e. The highest BCUT2D eigenvalue weighted by Gasteiger charge is 2.43. The second-order valence-corrected chi connectivity index (χ2v) is 10.1. The van der Waals surface area contributed by atoms with Gasteiger partial charge in [0, 0.05) is 0 Å². The van der Waals surface area contributed by atoms with Crippen molar-refractivity contribution in [2.24, 2.45) is 0 Å². The Hall–Kier alpha value is -2.53. The average molecular weight is 429 g/mol. The molecule has 0 heterocycles. The van der Waals surface area contributed by atoms with Gasteiger partial charge in [0.25, 0.3) is 0 Å². The van der Waals surface area contributed by atoms with Crippen molar-refractivity contribution in [3.8, 4) is 11.5 Å². The smallest absolute Gasteiger partial charge is 0.321 e. The van der Waals surface area contributed by atoms with Gasteiger partial charge in [-0.15, -0.1) is 0 Å². The van der Waals surface area contributed by atoms with Crippen LogP contribution in [0.1, 0.15) is 77.1 Å². The van der Waals surface area contributed by atoms with Crippen molar-refractivity contribution < 1.29 is 24.9 Å². The molecule has 5 nitrogen and oxygen atoms in total. The molecule has 3 N–H and O–H groups in total. The minimum atomic E-state index is -1.16. The lowest BCUT2D eigenvalue weighted by Crippen LogP contribution is -2.39. The molecule has 0 aliphatic rings. The number of ether oxygens (including phenoxy) is 1. The van der Waals surface area contributed by atoms with Crippen molar-refractivity contribution in [3.63, 3.8) is 0 Å². The molecule has 0 atom stereocenters. The van der Waals surface area contributed by atoms with Gasteiger partial charge < -0.3 is 20.1 Å². The van der Waals surface area contributed by atoms with Gasteiger partial charge in [0.05, 0.1) is 6.61 Å². The Kier molecular flexibility index (Phi) is 7.11. The van der Waals surface area contributed by atoms with E-state index in [1.54, 1.807) is 24.3 Å². The van der Waals surface area contributed by atoms with E-state index in [1.165, 1.54) is 0 Å². The van der Waals surface area contributed by atoms with E-state index >= 15 is 0 Å². The maximum absolute atomic E-state index is 13.5. The molecule has 0 bridgehead atoms. The summed E-state index contributed by atoms with van der Waals surface area (Å²) in [6, 6.07) is 10.5. The number of benzene rings is 2. The predicted octanol–water partition coefficient (Wildman–Crippen LogP) is 4.92. The quantitative estimate of drug-likeness (QED) is 0.568. The van der Waals surface area contributed by atoms with Gasteiger partial charge in [-0.3, -0.25) is 4.79 Å². The maximum Gasteiger partial charge on any atom is 0.321 e. The fourth-order valence-electron chi connectivity index (χ4n) is 4.02. The number of esters is 1.